The van der Waals surface area contributed by atoms with Gasteiger partial charge in [-0.1, -0.05) is 30.7 Å². The third-order valence-electron chi connectivity index (χ3n) is 6.46. The van der Waals surface area contributed by atoms with E-state index in [0.717, 1.165) is 38.0 Å². The van der Waals surface area contributed by atoms with Crippen molar-refractivity contribution in [3.05, 3.63) is 52.2 Å². The predicted octanol–water partition coefficient (Wildman–Crippen LogP) is 4.77. The van der Waals surface area contributed by atoms with Crippen LogP contribution in [0.25, 0.3) is 22.3 Å². The van der Waals surface area contributed by atoms with Crippen LogP contribution in [-0.4, -0.2) is 64.9 Å². The van der Waals surface area contributed by atoms with Crippen LogP contribution >= 0.6 is 24.8 Å². The third kappa shape index (κ3) is 6.82. The molecule has 2 heterocycles. The summed E-state index contributed by atoms with van der Waals surface area (Å²) in [6.45, 7) is 5.71. The summed E-state index contributed by atoms with van der Waals surface area (Å²) in [7, 11) is 2.17. The Hall–Kier alpha value is -2.45. The van der Waals surface area contributed by atoms with Crippen LogP contribution in [0.1, 0.15) is 31.2 Å². The lowest BCUT2D eigenvalue weighted by molar-refractivity contribution is 0.196. The molecule has 3 N–H and O–H groups in total. The van der Waals surface area contributed by atoms with Gasteiger partial charge in [0.1, 0.15) is 0 Å². The Labute approximate surface area is 217 Å². The molecule has 0 atom stereocenters. The number of hydrogen-bond acceptors (Lipinski definition) is 7. The summed E-state index contributed by atoms with van der Waals surface area (Å²) in [6.07, 6.45) is 5.98. The second-order valence-corrected chi connectivity index (χ2v) is 8.92. The standard InChI is InChI=1S/C26H32N2O5.2ClH/c1-27(16-17-28-14-3-2-4-15-28)13-5-6-18-7-9-19(10-8-18)25-24(32)22(30)20-11-12-21(29)23(31)26(20)33-25;;/h7-12,29,31-32H,2-6,13-17H2,1H3;2*1H. The highest BCUT2D eigenvalue weighted by atomic mass is 35.5. The zero-order chi connectivity index (χ0) is 23.4. The molecule has 192 valence electrons. The quantitative estimate of drug-likeness (QED) is 0.365. The molecular weight excluding hydrogens is 491 g/mol. The minimum absolute atomic E-state index is 0. The summed E-state index contributed by atoms with van der Waals surface area (Å²) in [6, 6.07) is 9.99. The number of likely N-dealkylation sites (tertiary alicyclic amines) is 1. The van der Waals surface area contributed by atoms with Crippen LogP contribution in [0.15, 0.2) is 45.6 Å². The molecule has 0 amide bonds. The number of phenolic OH excluding ortho intramolecular Hbond substituents is 2. The number of nitrogens with zero attached hydrogens (tertiary/aromatic N) is 2. The molecule has 0 aliphatic carbocycles. The van der Waals surface area contributed by atoms with Crippen LogP contribution in [0.2, 0.25) is 0 Å². The van der Waals surface area contributed by atoms with Gasteiger partial charge < -0.3 is 29.5 Å². The van der Waals surface area contributed by atoms with Crippen LogP contribution in [0.3, 0.4) is 0 Å². The van der Waals surface area contributed by atoms with Gasteiger partial charge in [0.05, 0.1) is 5.39 Å². The van der Waals surface area contributed by atoms with Gasteiger partial charge in [-0.25, -0.2) is 0 Å². The van der Waals surface area contributed by atoms with E-state index in [1.54, 1.807) is 12.1 Å². The smallest absolute Gasteiger partial charge is 0.235 e. The molecule has 1 saturated heterocycles. The van der Waals surface area contributed by atoms with Crippen molar-refractivity contribution in [1.82, 2.24) is 9.80 Å². The number of piperidine rings is 1. The number of phenols is 2. The Balaban J connectivity index is 0.00000216. The maximum atomic E-state index is 12.5. The van der Waals surface area contributed by atoms with Crippen molar-refractivity contribution >= 4 is 35.8 Å². The fraction of sp³-hybridized carbons (Fsp3) is 0.423. The van der Waals surface area contributed by atoms with Crippen LogP contribution in [0, 0.1) is 0 Å². The predicted molar refractivity (Wildman–Crippen MR) is 144 cm³/mol. The van der Waals surface area contributed by atoms with E-state index in [4.69, 9.17) is 4.42 Å². The van der Waals surface area contributed by atoms with E-state index in [1.165, 1.54) is 44.5 Å². The first-order valence-electron chi connectivity index (χ1n) is 11.6. The van der Waals surface area contributed by atoms with E-state index in [1.807, 2.05) is 12.1 Å². The second-order valence-electron chi connectivity index (χ2n) is 8.92. The lowest BCUT2D eigenvalue weighted by Crippen LogP contribution is -2.36. The summed E-state index contributed by atoms with van der Waals surface area (Å²) in [5.41, 5.74) is 0.880. The molecule has 2 aromatic carbocycles. The number of hydrogen-bond donors (Lipinski definition) is 3. The Morgan fingerprint density at radius 2 is 1.60 bits per heavy atom. The van der Waals surface area contributed by atoms with Gasteiger partial charge in [-0.15, -0.1) is 24.8 Å². The van der Waals surface area contributed by atoms with Crippen LogP contribution in [0.4, 0.5) is 0 Å². The molecule has 3 aromatic rings. The summed E-state index contributed by atoms with van der Waals surface area (Å²) >= 11 is 0. The lowest BCUT2D eigenvalue weighted by atomic mass is 10.0. The maximum Gasteiger partial charge on any atom is 0.235 e. The van der Waals surface area contributed by atoms with Crippen molar-refractivity contribution in [2.75, 3.05) is 39.8 Å². The molecule has 0 spiro atoms. The number of aromatic hydroxyl groups is 3. The van der Waals surface area contributed by atoms with E-state index in [2.05, 4.69) is 16.8 Å². The average molecular weight is 525 g/mol. The average Bonchev–Trinajstić information content (AvgIpc) is 2.83. The van der Waals surface area contributed by atoms with E-state index in [-0.39, 0.29) is 41.5 Å². The second kappa shape index (κ2) is 13.0. The van der Waals surface area contributed by atoms with Crippen molar-refractivity contribution in [1.29, 1.82) is 0 Å². The van der Waals surface area contributed by atoms with E-state index in [9.17, 15) is 20.1 Å². The van der Waals surface area contributed by atoms with Crippen molar-refractivity contribution < 1.29 is 19.7 Å². The monoisotopic (exact) mass is 524 g/mol. The van der Waals surface area contributed by atoms with Gasteiger partial charge in [-0.05, 0) is 70.1 Å². The molecule has 9 heteroatoms. The molecule has 1 aliphatic rings. The fourth-order valence-electron chi connectivity index (χ4n) is 4.40. The first-order chi connectivity index (χ1) is 15.9. The summed E-state index contributed by atoms with van der Waals surface area (Å²) < 4.78 is 5.63. The van der Waals surface area contributed by atoms with Gasteiger partial charge in [0.2, 0.25) is 16.9 Å². The van der Waals surface area contributed by atoms with E-state index < -0.39 is 22.7 Å². The van der Waals surface area contributed by atoms with E-state index >= 15 is 0 Å². The molecule has 1 fully saturated rings. The zero-order valence-electron chi connectivity index (χ0n) is 19.9. The zero-order valence-corrected chi connectivity index (χ0v) is 21.5. The Bertz CT molecular complexity index is 1160. The van der Waals surface area contributed by atoms with Crippen LogP contribution in [0.5, 0.6) is 17.2 Å². The van der Waals surface area contributed by atoms with Crippen molar-refractivity contribution in [2.45, 2.75) is 32.1 Å². The SMILES string of the molecule is CN(CCCc1ccc(-c2oc3c(O)c(O)ccc3c(=O)c2O)cc1)CCN1CCCCC1.Cl.Cl. The van der Waals surface area contributed by atoms with Gasteiger partial charge in [-0.3, -0.25) is 4.79 Å². The Morgan fingerprint density at radius 1 is 0.914 bits per heavy atom. The number of benzene rings is 2. The molecule has 0 unspecified atom stereocenters. The summed E-state index contributed by atoms with van der Waals surface area (Å²) in [4.78, 5) is 17.4. The number of rotatable bonds is 8. The molecule has 7 nitrogen and oxygen atoms in total. The first-order valence-corrected chi connectivity index (χ1v) is 11.6. The number of halogens is 2. The summed E-state index contributed by atoms with van der Waals surface area (Å²) in [5, 5.41) is 30.2. The highest BCUT2D eigenvalue weighted by Gasteiger charge is 2.19. The van der Waals surface area contributed by atoms with Crippen LogP contribution in [-0.2, 0) is 6.42 Å². The molecule has 0 bridgehead atoms. The van der Waals surface area contributed by atoms with Gasteiger partial charge in [0.15, 0.2) is 17.1 Å². The van der Waals surface area contributed by atoms with Gasteiger partial charge >= 0.3 is 0 Å². The fourth-order valence-corrected chi connectivity index (χ4v) is 4.40. The molecular formula is C26H34Cl2N2O5. The Kier molecular flexibility index (Phi) is 10.7. The number of likely N-dealkylation sites (N-methyl/N-ethyl adjacent to an activating group) is 1. The summed E-state index contributed by atoms with van der Waals surface area (Å²) in [5.74, 6) is -1.46. The molecule has 35 heavy (non-hydrogen) atoms. The van der Waals surface area contributed by atoms with Gasteiger partial charge in [0, 0.05) is 18.7 Å². The normalized spacial score (nSPS) is 14.0. The van der Waals surface area contributed by atoms with Gasteiger partial charge in [0.25, 0.3) is 0 Å². The largest absolute Gasteiger partial charge is 0.504 e. The third-order valence-corrected chi connectivity index (χ3v) is 6.46. The topological polar surface area (TPSA) is 97.4 Å². The van der Waals surface area contributed by atoms with Crippen molar-refractivity contribution in [3.63, 3.8) is 0 Å². The molecule has 0 saturated carbocycles. The highest BCUT2D eigenvalue weighted by Crippen LogP contribution is 2.37. The van der Waals surface area contributed by atoms with Crippen molar-refractivity contribution in [2.24, 2.45) is 0 Å². The maximum absolute atomic E-state index is 12.5. The minimum Gasteiger partial charge on any atom is -0.504 e. The molecule has 1 aliphatic heterocycles. The van der Waals surface area contributed by atoms with Gasteiger partial charge in [-0.2, -0.15) is 0 Å². The van der Waals surface area contributed by atoms with Crippen molar-refractivity contribution in [3.8, 4) is 28.6 Å². The molecule has 0 radical (unpaired) electrons. The molecule has 1 aromatic heterocycles. The highest BCUT2D eigenvalue weighted by molar-refractivity contribution is 5.88. The van der Waals surface area contributed by atoms with E-state index in [0.29, 0.717) is 5.56 Å². The Morgan fingerprint density at radius 3 is 2.29 bits per heavy atom. The number of aryl methyl sites for hydroxylation is 1. The number of fused-ring (bicyclic) bond motifs is 1. The van der Waals surface area contributed by atoms with Crippen LogP contribution < -0.4 is 5.43 Å². The first kappa shape index (κ1) is 28.8. The molecule has 4 rings (SSSR count). The lowest BCUT2D eigenvalue weighted by Gasteiger charge is -2.28. The minimum atomic E-state index is -0.654.